The Labute approximate surface area is 124 Å². The Kier molecular flexibility index (Phi) is 3.30. The monoisotopic (exact) mass is 297 g/mol. The SMILES string of the molecule is Cc1ccc(-n2c(-c3ccc([N+](=O)[O-])cc3)noc2=O)cc1. The molecule has 0 saturated carbocycles. The van der Waals surface area contributed by atoms with E-state index in [0.717, 1.165) is 5.56 Å². The molecular formula is C15H11N3O4. The number of hydrogen-bond donors (Lipinski definition) is 0. The number of rotatable bonds is 3. The molecule has 1 aromatic heterocycles. The van der Waals surface area contributed by atoms with Gasteiger partial charge in [-0.1, -0.05) is 22.9 Å². The van der Waals surface area contributed by atoms with Crippen LogP contribution in [0.1, 0.15) is 5.56 Å². The molecule has 3 aromatic rings. The summed E-state index contributed by atoms with van der Waals surface area (Å²) in [6, 6.07) is 13.1. The van der Waals surface area contributed by atoms with E-state index in [1.165, 1.54) is 28.8 Å². The van der Waals surface area contributed by atoms with Crippen LogP contribution in [0.25, 0.3) is 17.1 Å². The van der Waals surface area contributed by atoms with Gasteiger partial charge in [0.1, 0.15) is 0 Å². The summed E-state index contributed by atoms with van der Waals surface area (Å²) in [4.78, 5) is 22.1. The molecule has 0 atom stereocenters. The molecule has 0 aliphatic rings. The topological polar surface area (TPSA) is 91.2 Å². The van der Waals surface area contributed by atoms with Gasteiger partial charge < -0.3 is 0 Å². The first-order valence-corrected chi connectivity index (χ1v) is 6.47. The molecular weight excluding hydrogens is 286 g/mol. The Morgan fingerprint density at radius 2 is 1.73 bits per heavy atom. The van der Waals surface area contributed by atoms with Gasteiger partial charge in [0.05, 0.1) is 10.6 Å². The number of nitrogens with zero attached hydrogens (tertiary/aromatic N) is 3. The van der Waals surface area contributed by atoms with E-state index in [0.29, 0.717) is 17.1 Å². The van der Waals surface area contributed by atoms with Gasteiger partial charge in [0.25, 0.3) is 5.69 Å². The van der Waals surface area contributed by atoms with Crippen molar-refractivity contribution in [3.05, 3.63) is 74.8 Å². The third kappa shape index (κ3) is 2.39. The maximum absolute atomic E-state index is 11.9. The summed E-state index contributed by atoms with van der Waals surface area (Å²) in [5.41, 5.74) is 2.20. The third-order valence-electron chi connectivity index (χ3n) is 3.23. The molecule has 0 aliphatic carbocycles. The summed E-state index contributed by atoms with van der Waals surface area (Å²) in [6.45, 7) is 1.94. The lowest BCUT2D eigenvalue weighted by molar-refractivity contribution is -0.384. The lowest BCUT2D eigenvalue weighted by Gasteiger charge is -2.04. The fourth-order valence-electron chi connectivity index (χ4n) is 2.09. The Bertz CT molecular complexity index is 876. The van der Waals surface area contributed by atoms with Crippen LogP contribution in [0.3, 0.4) is 0 Å². The van der Waals surface area contributed by atoms with E-state index in [1.807, 2.05) is 19.1 Å². The van der Waals surface area contributed by atoms with Gasteiger partial charge in [-0.05, 0) is 31.2 Å². The molecule has 0 saturated heterocycles. The quantitative estimate of drug-likeness (QED) is 0.547. The third-order valence-corrected chi connectivity index (χ3v) is 3.23. The molecule has 7 heteroatoms. The highest BCUT2D eigenvalue weighted by atomic mass is 16.6. The summed E-state index contributed by atoms with van der Waals surface area (Å²) < 4.78 is 6.06. The largest absolute Gasteiger partial charge is 0.446 e. The molecule has 3 rings (SSSR count). The summed E-state index contributed by atoms with van der Waals surface area (Å²) in [7, 11) is 0. The zero-order chi connectivity index (χ0) is 15.7. The van der Waals surface area contributed by atoms with E-state index < -0.39 is 10.7 Å². The minimum Gasteiger partial charge on any atom is -0.295 e. The second-order valence-corrected chi connectivity index (χ2v) is 4.75. The normalized spacial score (nSPS) is 10.6. The molecule has 1 heterocycles. The van der Waals surface area contributed by atoms with Crippen molar-refractivity contribution in [2.24, 2.45) is 0 Å². The molecule has 0 aliphatic heterocycles. The van der Waals surface area contributed by atoms with Crippen LogP contribution < -0.4 is 5.76 Å². The second-order valence-electron chi connectivity index (χ2n) is 4.75. The van der Waals surface area contributed by atoms with E-state index in [9.17, 15) is 14.9 Å². The van der Waals surface area contributed by atoms with Crippen LogP contribution in [0.2, 0.25) is 0 Å². The van der Waals surface area contributed by atoms with Crippen LogP contribution in [-0.4, -0.2) is 14.6 Å². The van der Waals surface area contributed by atoms with Crippen molar-refractivity contribution in [1.82, 2.24) is 9.72 Å². The van der Waals surface area contributed by atoms with Crippen LogP contribution in [0, 0.1) is 17.0 Å². The van der Waals surface area contributed by atoms with Crippen molar-refractivity contribution in [1.29, 1.82) is 0 Å². The van der Waals surface area contributed by atoms with Gasteiger partial charge in [-0.25, -0.2) is 9.36 Å². The van der Waals surface area contributed by atoms with Crippen molar-refractivity contribution < 1.29 is 9.45 Å². The number of nitro benzene ring substituents is 1. The van der Waals surface area contributed by atoms with Gasteiger partial charge in [0.2, 0.25) is 0 Å². The summed E-state index contributed by atoms with van der Waals surface area (Å²) in [6.07, 6.45) is 0. The molecule has 110 valence electrons. The summed E-state index contributed by atoms with van der Waals surface area (Å²) in [5.74, 6) is -0.319. The van der Waals surface area contributed by atoms with Crippen LogP contribution in [0.4, 0.5) is 5.69 Å². The van der Waals surface area contributed by atoms with E-state index in [4.69, 9.17) is 4.52 Å². The molecule has 0 unspecified atom stereocenters. The maximum Gasteiger partial charge on any atom is 0.446 e. The van der Waals surface area contributed by atoms with E-state index >= 15 is 0 Å². The summed E-state index contributed by atoms with van der Waals surface area (Å²) in [5, 5.41) is 14.5. The van der Waals surface area contributed by atoms with Crippen LogP contribution in [-0.2, 0) is 0 Å². The first-order valence-electron chi connectivity index (χ1n) is 6.47. The molecule has 0 amide bonds. The average molecular weight is 297 g/mol. The Balaban J connectivity index is 2.11. The maximum atomic E-state index is 11.9. The smallest absolute Gasteiger partial charge is 0.295 e. The van der Waals surface area contributed by atoms with Gasteiger partial charge in [-0.2, -0.15) is 0 Å². The number of nitro groups is 1. The van der Waals surface area contributed by atoms with E-state index in [2.05, 4.69) is 5.16 Å². The van der Waals surface area contributed by atoms with Crippen molar-refractivity contribution in [3.63, 3.8) is 0 Å². The highest BCUT2D eigenvalue weighted by molar-refractivity contribution is 5.59. The average Bonchev–Trinajstić information content (AvgIpc) is 2.90. The zero-order valence-corrected chi connectivity index (χ0v) is 11.6. The molecule has 0 spiro atoms. The van der Waals surface area contributed by atoms with Gasteiger partial charge in [0, 0.05) is 17.7 Å². The molecule has 0 bridgehead atoms. The van der Waals surface area contributed by atoms with E-state index in [-0.39, 0.29) is 5.69 Å². The zero-order valence-electron chi connectivity index (χ0n) is 11.6. The molecule has 7 nitrogen and oxygen atoms in total. The van der Waals surface area contributed by atoms with Gasteiger partial charge in [-0.15, -0.1) is 0 Å². The number of non-ortho nitro benzene ring substituents is 1. The van der Waals surface area contributed by atoms with Crippen molar-refractivity contribution in [2.45, 2.75) is 6.92 Å². The van der Waals surface area contributed by atoms with Crippen molar-refractivity contribution in [3.8, 4) is 17.1 Å². The van der Waals surface area contributed by atoms with Gasteiger partial charge >= 0.3 is 5.76 Å². The molecule has 0 N–H and O–H groups in total. The lowest BCUT2D eigenvalue weighted by Crippen LogP contribution is -2.13. The van der Waals surface area contributed by atoms with Gasteiger partial charge in [-0.3, -0.25) is 14.6 Å². The van der Waals surface area contributed by atoms with Crippen LogP contribution in [0.15, 0.2) is 57.8 Å². The van der Waals surface area contributed by atoms with Crippen LogP contribution in [0.5, 0.6) is 0 Å². The molecule has 0 radical (unpaired) electrons. The molecule has 22 heavy (non-hydrogen) atoms. The number of aryl methyl sites for hydroxylation is 1. The lowest BCUT2D eigenvalue weighted by atomic mass is 10.2. The predicted molar refractivity (Wildman–Crippen MR) is 78.9 cm³/mol. The first-order chi connectivity index (χ1) is 10.6. The highest BCUT2D eigenvalue weighted by Gasteiger charge is 2.15. The first kappa shape index (κ1) is 13.7. The van der Waals surface area contributed by atoms with E-state index in [1.54, 1.807) is 12.1 Å². The van der Waals surface area contributed by atoms with Gasteiger partial charge in [0.15, 0.2) is 5.82 Å². The molecule has 2 aromatic carbocycles. The Morgan fingerprint density at radius 1 is 1.09 bits per heavy atom. The second kappa shape index (κ2) is 5.28. The fraction of sp³-hybridized carbons (Fsp3) is 0.0667. The summed E-state index contributed by atoms with van der Waals surface area (Å²) >= 11 is 0. The standard InChI is InChI=1S/C15H11N3O4/c1-10-2-6-12(7-3-10)17-14(16-22-15(17)19)11-4-8-13(9-5-11)18(20)21/h2-9H,1H3. The number of hydrogen-bond acceptors (Lipinski definition) is 5. The predicted octanol–water partition coefficient (Wildman–Crippen LogP) is 2.71. The Morgan fingerprint density at radius 3 is 2.32 bits per heavy atom. The number of aromatic nitrogens is 2. The fourth-order valence-corrected chi connectivity index (χ4v) is 2.09. The van der Waals surface area contributed by atoms with Crippen molar-refractivity contribution >= 4 is 5.69 Å². The minimum absolute atomic E-state index is 0.0310. The minimum atomic E-state index is -0.614. The van der Waals surface area contributed by atoms with Crippen molar-refractivity contribution in [2.75, 3.05) is 0 Å². The Hall–Kier alpha value is -3.22. The number of benzene rings is 2. The highest BCUT2D eigenvalue weighted by Crippen LogP contribution is 2.22. The van der Waals surface area contributed by atoms with Crippen LogP contribution >= 0.6 is 0 Å². The molecule has 0 fully saturated rings.